The van der Waals surface area contributed by atoms with E-state index in [9.17, 15) is 4.79 Å². The molecule has 1 atom stereocenters. The lowest BCUT2D eigenvalue weighted by Gasteiger charge is -2.35. The summed E-state index contributed by atoms with van der Waals surface area (Å²) in [5.41, 5.74) is 1.21. The molecule has 1 amide bonds. The molecule has 1 aliphatic rings. The largest absolute Gasteiger partial charge is 0.497 e. The topological polar surface area (TPSA) is 42.0 Å². The number of rotatable bonds is 8. The number of ether oxygens (including phenoxy) is 2. The highest BCUT2D eigenvalue weighted by atomic mass is 16.5. The summed E-state index contributed by atoms with van der Waals surface area (Å²) in [5, 5.41) is 0. The zero-order chi connectivity index (χ0) is 20.5. The summed E-state index contributed by atoms with van der Waals surface area (Å²) >= 11 is 0. The van der Waals surface area contributed by atoms with E-state index in [1.165, 1.54) is 5.56 Å². The van der Waals surface area contributed by atoms with Gasteiger partial charge in [-0.2, -0.15) is 0 Å². The Morgan fingerprint density at radius 1 is 1.00 bits per heavy atom. The fourth-order valence-corrected chi connectivity index (χ4v) is 3.38. The van der Waals surface area contributed by atoms with Gasteiger partial charge in [0, 0.05) is 32.7 Å². The molecule has 2 aromatic rings. The maximum Gasteiger partial charge on any atom is 0.263 e. The van der Waals surface area contributed by atoms with E-state index in [1.807, 2.05) is 54.3 Å². The van der Waals surface area contributed by atoms with Gasteiger partial charge in [0.1, 0.15) is 11.5 Å². The Morgan fingerprint density at radius 2 is 1.66 bits per heavy atom. The van der Waals surface area contributed by atoms with Gasteiger partial charge in [-0.3, -0.25) is 9.69 Å². The molecule has 0 bridgehead atoms. The van der Waals surface area contributed by atoms with Crippen molar-refractivity contribution in [1.29, 1.82) is 0 Å². The third kappa shape index (κ3) is 6.09. The van der Waals surface area contributed by atoms with Crippen molar-refractivity contribution in [2.45, 2.75) is 19.4 Å². The van der Waals surface area contributed by atoms with Crippen molar-refractivity contribution < 1.29 is 14.3 Å². The second kappa shape index (κ2) is 10.7. The summed E-state index contributed by atoms with van der Waals surface area (Å²) in [4.78, 5) is 17.2. The van der Waals surface area contributed by atoms with Crippen molar-refractivity contribution >= 4 is 12.0 Å². The first kappa shape index (κ1) is 20.9. The number of nitrogens with zero attached hydrogens (tertiary/aromatic N) is 2. The Kier molecular flexibility index (Phi) is 7.70. The van der Waals surface area contributed by atoms with Crippen LogP contribution >= 0.6 is 0 Å². The lowest BCUT2D eigenvalue weighted by Crippen LogP contribution is -2.52. The third-order valence-electron chi connectivity index (χ3n) is 5.14. The molecule has 0 aromatic heterocycles. The Hall–Kier alpha value is -2.79. The molecule has 0 saturated carbocycles. The minimum absolute atomic E-state index is 0.0720. The van der Waals surface area contributed by atoms with Gasteiger partial charge in [0.05, 0.1) is 7.11 Å². The maximum atomic E-state index is 12.9. The minimum atomic E-state index is -0.451. The predicted octanol–water partition coefficient (Wildman–Crippen LogP) is 3.71. The highest BCUT2D eigenvalue weighted by molar-refractivity contribution is 5.81. The summed E-state index contributed by atoms with van der Waals surface area (Å²) in [6, 6.07) is 17.7. The molecule has 2 aromatic carbocycles. The van der Waals surface area contributed by atoms with Gasteiger partial charge in [0.2, 0.25) is 0 Å². The molecule has 0 radical (unpaired) electrons. The van der Waals surface area contributed by atoms with Crippen LogP contribution in [0.1, 0.15) is 18.9 Å². The van der Waals surface area contributed by atoms with Gasteiger partial charge in [0.15, 0.2) is 6.10 Å². The van der Waals surface area contributed by atoms with E-state index in [0.29, 0.717) is 12.2 Å². The standard InChI is InChI=1S/C24H30N2O3/c1-3-23(29-22-13-11-21(28-2)12-14-22)24(27)26-18-16-25(17-19-26)15-7-10-20-8-5-4-6-9-20/h4-14,23H,3,15-19H2,1-2H3/b10-7+/t23-/m0/s1. The monoisotopic (exact) mass is 394 g/mol. The number of piperazine rings is 1. The molecule has 3 rings (SSSR count). The fourth-order valence-electron chi connectivity index (χ4n) is 3.38. The van der Waals surface area contributed by atoms with Crippen LogP contribution < -0.4 is 9.47 Å². The molecular formula is C24H30N2O3. The van der Waals surface area contributed by atoms with Crippen molar-refractivity contribution in [2.24, 2.45) is 0 Å². The summed E-state index contributed by atoms with van der Waals surface area (Å²) < 4.78 is 11.1. The van der Waals surface area contributed by atoms with Gasteiger partial charge in [-0.05, 0) is 36.2 Å². The van der Waals surface area contributed by atoms with Crippen molar-refractivity contribution in [3.8, 4) is 11.5 Å². The van der Waals surface area contributed by atoms with Gasteiger partial charge in [0.25, 0.3) is 5.91 Å². The van der Waals surface area contributed by atoms with Crippen LogP contribution in [0.2, 0.25) is 0 Å². The van der Waals surface area contributed by atoms with Crippen LogP contribution in [0.25, 0.3) is 6.08 Å². The van der Waals surface area contributed by atoms with Gasteiger partial charge >= 0.3 is 0 Å². The van der Waals surface area contributed by atoms with E-state index >= 15 is 0 Å². The molecule has 0 aliphatic carbocycles. The second-order valence-electron chi connectivity index (χ2n) is 7.13. The van der Waals surface area contributed by atoms with E-state index in [-0.39, 0.29) is 5.91 Å². The molecule has 1 aliphatic heterocycles. The van der Waals surface area contributed by atoms with E-state index in [0.717, 1.165) is 38.5 Å². The van der Waals surface area contributed by atoms with Crippen LogP contribution in [0.3, 0.4) is 0 Å². The van der Waals surface area contributed by atoms with E-state index in [4.69, 9.17) is 9.47 Å². The number of methoxy groups -OCH3 is 1. The zero-order valence-corrected chi connectivity index (χ0v) is 17.3. The van der Waals surface area contributed by atoms with Gasteiger partial charge in [-0.25, -0.2) is 0 Å². The minimum Gasteiger partial charge on any atom is -0.497 e. The maximum absolute atomic E-state index is 12.9. The number of carbonyl (C=O) groups excluding carboxylic acids is 1. The smallest absolute Gasteiger partial charge is 0.263 e. The first-order valence-electron chi connectivity index (χ1n) is 10.2. The predicted molar refractivity (Wildman–Crippen MR) is 116 cm³/mol. The molecule has 0 unspecified atom stereocenters. The van der Waals surface area contributed by atoms with Crippen LogP contribution in [0, 0.1) is 0 Å². The number of amides is 1. The Bertz CT molecular complexity index is 782. The zero-order valence-electron chi connectivity index (χ0n) is 17.3. The van der Waals surface area contributed by atoms with Crippen molar-refractivity contribution in [2.75, 3.05) is 39.8 Å². The molecule has 154 valence electrons. The fraction of sp³-hybridized carbons (Fsp3) is 0.375. The first-order valence-corrected chi connectivity index (χ1v) is 10.2. The molecule has 5 nitrogen and oxygen atoms in total. The van der Waals surface area contributed by atoms with Gasteiger partial charge in [-0.15, -0.1) is 0 Å². The highest BCUT2D eigenvalue weighted by Gasteiger charge is 2.27. The first-order chi connectivity index (χ1) is 14.2. The molecular weight excluding hydrogens is 364 g/mol. The second-order valence-corrected chi connectivity index (χ2v) is 7.13. The highest BCUT2D eigenvalue weighted by Crippen LogP contribution is 2.20. The summed E-state index contributed by atoms with van der Waals surface area (Å²) in [7, 11) is 1.63. The van der Waals surface area contributed by atoms with E-state index in [1.54, 1.807) is 7.11 Å². The Morgan fingerprint density at radius 3 is 2.28 bits per heavy atom. The van der Waals surface area contributed by atoms with Crippen molar-refractivity contribution in [3.05, 3.63) is 66.2 Å². The number of hydrogen-bond donors (Lipinski definition) is 0. The van der Waals surface area contributed by atoms with Crippen LogP contribution in [0.4, 0.5) is 0 Å². The van der Waals surface area contributed by atoms with Gasteiger partial charge < -0.3 is 14.4 Å². The average molecular weight is 395 g/mol. The number of hydrogen-bond acceptors (Lipinski definition) is 4. The van der Waals surface area contributed by atoms with Crippen LogP contribution in [0.15, 0.2) is 60.7 Å². The van der Waals surface area contributed by atoms with E-state index < -0.39 is 6.10 Å². The quantitative estimate of drug-likeness (QED) is 0.685. The molecule has 5 heteroatoms. The van der Waals surface area contributed by atoms with Crippen LogP contribution in [0.5, 0.6) is 11.5 Å². The summed E-state index contributed by atoms with van der Waals surface area (Å²) in [6.07, 6.45) is 4.53. The normalized spacial score (nSPS) is 16.0. The molecule has 1 saturated heterocycles. The molecule has 1 fully saturated rings. The molecule has 0 N–H and O–H groups in total. The van der Waals surface area contributed by atoms with Crippen molar-refractivity contribution in [3.63, 3.8) is 0 Å². The lowest BCUT2D eigenvalue weighted by atomic mass is 10.2. The Balaban J connectivity index is 1.47. The van der Waals surface area contributed by atoms with Crippen LogP contribution in [-0.4, -0.2) is 61.6 Å². The number of carbonyl (C=O) groups is 1. The van der Waals surface area contributed by atoms with Crippen LogP contribution in [-0.2, 0) is 4.79 Å². The number of benzene rings is 2. The molecule has 1 heterocycles. The summed E-state index contributed by atoms with van der Waals surface area (Å²) in [6.45, 7) is 6.11. The summed E-state index contributed by atoms with van der Waals surface area (Å²) in [5.74, 6) is 1.53. The molecule has 0 spiro atoms. The Labute approximate surface area is 173 Å². The van der Waals surface area contributed by atoms with E-state index in [2.05, 4.69) is 29.2 Å². The third-order valence-corrected chi connectivity index (χ3v) is 5.14. The van der Waals surface area contributed by atoms with Gasteiger partial charge in [-0.1, -0.05) is 49.4 Å². The van der Waals surface area contributed by atoms with Crippen molar-refractivity contribution in [1.82, 2.24) is 9.80 Å². The lowest BCUT2D eigenvalue weighted by molar-refractivity contribution is -0.140. The average Bonchev–Trinajstić information content (AvgIpc) is 2.78. The molecule has 29 heavy (non-hydrogen) atoms. The SMILES string of the molecule is CC[C@H](Oc1ccc(OC)cc1)C(=O)N1CCN(C/C=C/c2ccccc2)CC1.